The van der Waals surface area contributed by atoms with Gasteiger partial charge in [0.2, 0.25) is 0 Å². The van der Waals surface area contributed by atoms with Gasteiger partial charge in [-0.25, -0.2) is 0 Å². The lowest BCUT2D eigenvalue weighted by Crippen LogP contribution is -2.37. The van der Waals surface area contributed by atoms with E-state index in [9.17, 15) is 19.0 Å². The summed E-state index contributed by atoms with van der Waals surface area (Å²) in [5.74, 6) is -0.882. The molecule has 0 aliphatic heterocycles. The summed E-state index contributed by atoms with van der Waals surface area (Å²) >= 11 is 0. The van der Waals surface area contributed by atoms with Crippen molar-refractivity contribution in [3.05, 3.63) is 146 Å². The van der Waals surface area contributed by atoms with Gasteiger partial charge in [-0.3, -0.25) is 14.2 Å². The Bertz CT molecular complexity index is 2140. The van der Waals surface area contributed by atoms with Crippen LogP contribution in [0.5, 0.6) is 0 Å². The van der Waals surface area contributed by atoms with Crippen LogP contribution in [0.1, 0.15) is 335 Å². The largest absolute Gasteiger partial charge is 0.756 e. The van der Waals surface area contributed by atoms with Crippen molar-refractivity contribution in [2.45, 2.75) is 341 Å². The van der Waals surface area contributed by atoms with Crippen LogP contribution >= 0.6 is 7.82 Å². The van der Waals surface area contributed by atoms with E-state index < -0.39 is 32.5 Å². The number of likely N-dealkylation sites (N-methyl/N-ethyl adjacent to an activating group) is 1. The Hall–Kier alpha value is -4.11. The number of allylic oxidation sites excluding steroid dienone is 24. The predicted molar refractivity (Wildman–Crippen MR) is 415 cm³/mol. The zero-order valence-corrected chi connectivity index (χ0v) is 63.7. The van der Waals surface area contributed by atoms with Gasteiger partial charge >= 0.3 is 11.9 Å². The molecule has 0 fully saturated rings. The summed E-state index contributed by atoms with van der Waals surface area (Å²) in [7, 11) is 1.13. The maximum absolute atomic E-state index is 12.9. The molecule has 0 aliphatic carbocycles. The van der Waals surface area contributed by atoms with E-state index in [1.165, 1.54) is 199 Å². The molecule has 2 unspecified atom stereocenters. The molecule has 0 rings (SSSR count). The van der Waals surface area contributed by atoms with Gasteiger partial charge in [-0.15, -0.1) is 0 Å². The molecule has 0 aromatic heterocycles. The summed E-state index contributed by atoms with van der Waals surface area (Å²) < 4.78 is 34.3. The molecule has 0 heterocycles. The Labute approximate surface area is 593 Å². The lowest BCUT2D eigenvalue weighted by Gasteiger charge is -2.28. The smallest absolute Gasteiger partial charge is 0.306 e. The number of hydrogen-bond donors (Lipinski definition) is 0. The predicted octanol–water partition coefficient (Wildman–Crippen LogP) is 25.9. The lowest BCUT2D eigenvalue weighted by molar-refractivity contribution is -0.870. The highest BCUT2D eigenvalue weighted by Gasteiger charge is 2.22. The summed E-state index contributed by atoms with van der Waals surface area (Å²) in [5.41, 5.74) is 0. The van der Waals surface area contributed by atoms with E-state index in [1.54, 1.807) is 0 Å². The Kier molecular flexibility index (Phi) is 71.9. The Morgan fingerprint density at radius 1 is 0.333 bits per heavy atom. The molecule has 0 amide bonds. The second-order valence-corrected chi connectivity index (χ2v) is 28.8. The van der Waals surface area contributed by atoms with Crippen molar-refractivity contribution in [1.29, 1.82) is 0 Å². The molecule has 0 saturated carbocycles. The second-order valence-electron chi connectivity index (χ2n) is 27.3. The number of phosphoric acid groups is 1. The van der Waals surface area contributed by atoms with E-state index in [2.05, 4.69) is 160 Å². The fourth-order valence-electron chi connectivity index (χ4n) is 10.8. The molecule has 10 heteroatoms. The van der Waals surface area contributed by atoms with Gasteiger partial charge < -0.3 is 27.9 Å². The first-order chi connectivity index (χ1) is 47.0. The molecular weight excluding hydrogens is 1210 g/mol. The van der Waals surface area contributed by atoms with E-state index in [4.69, 9.17) is 18.5 Å². The normalized spacial score (nSPS) is 13.9. The quantitative estimate of drug-likeness (QED) is 0.0195. The van der Waals surface area contributed by atoms with Gasteiger partial charge in [-0.05, 0) is 122 Å². The maximum atomic E-state index is 12.9. The number of unbranched alkanes of at least 4 members (excludes halogenated alkanes) is 34. The van der Waals surface area contributed by atoms with Crippen LogP contribution < -0.4 is 4.89 Å². The molecule has 0 aliphatic rings. The number of quaternary nitrogens is 1. The van der Waals surface area contributed by atoms with E-state index in [1.807, 2.05) is 21.1 Å². The fraction of sp³-hybridized carbons (Fsp3) is 0.698. The average molecular weight is 1360 g/mol. The summed E-state index contributed by atoms with van der Waals surface area (Å²) in [4.78, 5) is 38.1. The van der Waals surface area contributed by atoms with Crippen molar-refractivity contribution in [1.82, 2.24) is 0 Å². The molecule has 550 valence electrons. The summed E-state index contributed by atoms with van der Waals surface area (Å²) in [6, 6.07) is 0. The van der Waals surface area contributed by atoms with Crippen LogP contribution in [0.4, 0.5) is 0 Å². The average Bonchev–Trinajstić information content (AvgIpc) is 1.48. The van der Waals surface area contributed by atoms with Gasteiger partial charge in [0.1, 0.15) is 19.8 Å². The molecule has 0 aromatic carbocycles. The van der Waals surface area contributed by atoms with Crippen molar-refractivity contribution >= 4 is 19.8 Å². The first kappa shape index (κ1) is 91.9. The van der Waals surface area contributed by atoms with Crippen LogP contribution in [0.2, 0.25) is 0 Å². The zero-order valence-electron chi connectivity index (χ0n) is 62.8. The molecule has 2 atom stereocenters. The molecule has 0 aromatic rings. The second kappa shape index (κ2) is 75.1. The van der Waals surface area contributed by atoms with Gasteiger partial charge in [0.05, 0.1) is 27.7 Å². The molecule has 0 radical (unpaired) electrons. The number of carbonyl (C=O) groups is 2. The highest BCUT2D eigenvalue weighted by atomic mass is 31.2. The monoisotopic (exact) mass is 1350 g/mol. The van der Waals surface area contributed by atoms with Crippen LogP contribution in [0.25, 0.3) is 0 Å². The highest BCUT2D eigenvalue weighted by Crippen LogP contribution is 2.38. The van der Waals surface area contributed by atoms with Gasteiger partial charge in [0, 0.05) is 12.8 Å². The third-order valence-electron chi connectivity index (χ3n) is 16.8. The molecule has 0 spiro atoms. The topological polar surface area (TPSA) is 111 Å². The molecule has 0 bridgehead atoms. The Morgan fingerprint density at radius 3 is 0.906 bits per heavy atom. The summed E-state index contributed by atoms with van der Waals surface area (Å²) in [6.07, 6.45) is 111. The van der Waals surface area contributed by atoms with Crippen molar-refractivity contribution in [2.75, 3.05) is 47.5 Å². The van der Waals surface area contributed by atoms with Crippen LogP contribution in [0.3, 0.4) is 0 Å². The van der Waals surface area contributed by atoms with E-state index in [0.717, 1.165) is 103 Å². The SMILES string of the molecule is CC/C=C\C/C=C\C/C=C\C/C=C\C/C=C\C/C=C\C/C=C\C/C=C\C/C=C\C/C=C\CCCCC(=O)OC(COC(=O)CCCCCCCCCCCCCCCCCCCCCCCCCCCCC/C=C\C/C=C\CCCCCCC)COP(=O)([O-])OCC[N+](C)(C)C. The number of hydrogen-bond acceptors (Lipinski definition) is 8. The van der Waals surface area contributed by atoms with E-state index >= 15 is 0 Å². The van der Waals surface area contributed by atoms with Crippen LogP contribution in [-0.4, -0.2) is 70.0 Å². The number of rotatable bonds is 72. The van der Waals surface area contributed by atoms with Crippen molar-refractivity contribution in [2.24, 2.45) is 0 Å². The number of esters is 2. The molecule has 9 nitrogen and oxygen atoms in total. The summed E-state index contributed by atoms with van der Waals surface area (Å²) in [6.45, 7) is 4.08. The van der Waals surface area contributed by atoms with Crippen LogP contribution in [0.15, 0.2) is 146 Å². The van der Waals surface area contributed by atoms with Gasteiger partial charge in [-0.2, -0.15) is 0 Å². The minimum atomic E-state index is -4.67. The highest BCUT2D eigenvalue weighted by molar-refractivity contribution is 7.45. The van der Waals surface area contributed by atoms with Crippen LogP contribution in [-0.2, 0) is 32.7 Å². The van der Waals surface area contributed by atoms with Gasteiger partial charge in [0.25, 0.3) is 7.82 Å². The Balaban J connectivity index is 4.05. The first-order valence-corrected chi connectivity index (χ1v) is 41.0. The summed E-state index contributed by atoms with van der Waals surface area (Å²) in [5, 5.41) is 0. The lowest BCUT2D eigenvalue weighted by atomic mass is 10.0. The standard InChI is InChI=1S/C86H148NO8P/c1-6-8-10-12-14-16-18-20-22-24-26-28-30-32-34-36-38-40-41-42-43-44-45-47-48-50-52-54-56-58-60-62-64-66-68-70-72-74-76-78-85(88)92-82-84(83-94-96(90,91)93-81-80-87(3,4)5)95-86(89)79-77-75-73-71-69-67-65-63-61-59-57-55-53-51-49-46-39-37-35-33-31-29-27-25-23-21-19-17-15-13-11-9-7-2/h9,11,15,17-18,20-21,23-24,26-27,29,33,35,39,46,51,53,57,59,63,65,69,71,84H,6-8,10,12-14,16,19,22,25,28,30-32,34,36-38,40-45,47-50,52,54-56,58,60-62,64,66-68,70,72-83H2,1-5H3/b11-9-,17-15-,20-18-,23-21-,26-24-,29-27-,35-33-,46-39-,53-51-,59-57-,65-63-,71-69-. The number of nitrogens with zero attached hydrogens (tertiary/aromatic N) is 1. The molecule has 0 saturated heterocycles. The van der Waals surface area contributed by atoms with Crippen molar-refractivity contribution < 1.29 is 42.1 Å². The van der Waals surface area contributed by atoms with Gasteiger partial charge in [-0.1, -0.05) is 346 Å². The van der Waals surface area contributed by atoms with E-state index in [-0.39, 0.29) is 26.1 Å². The molecular formula is C86H148NO8P. The van der Waals surface area contributed by atoms with Crippen molar-refractivity contribution in [3.63, 3.8) is 0 Å². The first-order valence-electron chi connectivity index (χ1n) is 39.5. The third kappa shape index (κ3) is 78.9. The third-order valence-corrected chi connectivity index (χ3v) is 17.8. The van der Waals surface area contributed by atoms with Gasteiger partial charge in [0.15, 0.2) is 6.10 Å². The number of ether oxygens (including phenoxy) is 2. The Morgan fingerprint density at radius 2 is 0.594 bits per heavy atom. The maximum Gasteiger partial charge on any atom is 0.306 e. The minimum absolute atomic E-state index is 0.0455. The number of phosphoric ester groups is 1. The molecule has 96 heavy (non-hydrogen) atoms. The van der Waals surface area contributed by atoms with E-state index in [0.29, 0.717) is 17.4 Å². The van der Waals surface area contributed by atoms with Crippen molar-refractivity contribution in [3.8, 4) is 0 Å². The fourth-order valence-corrected chi connectivity index (χ4v) is 11.6. The minimum Gasteiger partial charge on any atom is -0.756 e. The van der Waals surface area contributed by atoms with Crippen LogP contribution in [0, 0.1) is 0 Å². The molecule has 0 N–H and O–H groups in total. The zero-order chi connectivity index (χ0) is 69.7. The number of carbonyl (C=O) groups excluding carboxylic acids is 2.